The van der Waals surface area contributed by atoms with Crippen LogP contribution in [0.5, 0.6) is 0 Å². The van der Waals surface area contributed by atoms with Crippen molar-refractivity contribution in [3.8, 4) is 0 Å². The monoisotopic (exact) mass is 148 g/mol. The second-order valence-corrected chi connectivity index (χ2v) is 2.93. The molecule has 0 unspecified atom stereocenters. The summed E-state index contributed by atoms with van der Waals surface area (Å²) < 4.78 is 0. The van der Waals surface area contributed by atoms with Gasteiger partial charge in [0.05, 0.1) is 11.2 Å². The Hall–Kier alpha value is -1.18. The average molecular weight is 148 g/mol. The van der Waals surface area contributed by atoms with Gasteiger partial charge in [0.1, 0.15) is 0 Å². The molecule has 0 radical (unpaired) electrons. The molecule has 1 heterocycles. The highest BCUT2D eigenvalue weighted by atomic mass is 14.9. The Morgan fingerprint density at radius 2 is 2.18 bits per heavy atom. The summed E-state index contributed by atoms with van der Waals surface area (Å²) in [6, 6.07) is 5.80. The van der Waals surface area contributed by atoms with E-state index in [-0.39, 0.29) is 5.54 Å². The van der Waals surface area contributed by atoms with Gasteiger partial charge in [-0.2, -0.15) is 0 Å². The third kappa shape index (κ3) is 1.64. The van der Waals surface area contributed by atoms with Gasteiger partial charge in [0.15, 0.2) is 0 Å². The van der Waals surface area contributed by atoms with Gasteiger partial charge in [-0.15, -0.1) is 0 Å². The van der Waals surface area contributed by atoms with Gasteiger partial charge in [0.2, 0.25) is 0 Å². The quantitative estimate of drug-likeness (QED) is 0.589. The first-order valence-corrected chi connectivity index (χ1v) is 3.56. The minimum atomic E-state index is -0.263. The largest absolute Gasteiger partial charge is 0.288 e. The fourth-order valence-electron chi connectivity index (χ4n) is 0.806. The Labute approximate surface area is 67.0 Å². The van der Waals surface area contributed by atoms with E-state index in [1.54, 1.807) is 6.20 Å². The highest BCUT2D eigenvalue weighted by Crippen LogP contribution is 2.20. The molecule has 0 aromatic carbocycles. The standard InChI is InChI=1S/C9H12N2/c1-9(2,10-3)8-6-4-5-7-11-8/h4-7H,3H2,1-2H3. The molecule has 0 aliphatic heterocycles. The second-order valence-electron chi connectivity index (χ2n) is 2.93. The second kappa shape index (κ2) is 2.82. The van der Waals surface area contributed by atoms with Crippen molar-refractivity contribution in [1.82, 2.24) is 4.98 Å². The fraction of sp³-hybridized carbons (Fsp3) is 0.333. The van der Waals surface area contributed by atoms with Crippen LogP contribution in [0.15, 0.2) is 29.4 Å². The third-order valence-electron chi connectivity index (χ3n) is 1.69. The van der Waals surface area contributed by atoms with Gasteiger partial charge >= 0.3 is 0 Å². The van der Waals surface area contributed by atoms with Crippen molar-refractivity contribution in [2.24, 2.45) is 4.99 Å². The lowest BCUT2D eigenvalue weighted by molar-refractivity contribution is 0.543. The van der Waals surface area contributed by atoms with Gasteiger partial charge in [-0.3, -0.25) is 9.98 Å². The molecule has 58 valence electrons. The van der Waals surface area contributed by atoms with E-state index in [0.717, 1.165) is 5.69 Å². The maximum atomic E-state index is 4.19. The number of nitrogens with zero attached hydrogens (tertiary/aromatic N) is 2. The third-order valence-corrected chi connectivity index (χ3v) is 1.69. The van der Waals surface area contributed by atoms with Gasteiger partial charge in [0.25, 0.3) is 0 Å². The summed E-state index contributed by atoms with van der Waals surface area (Å²) in [6.45, 7) is 7.50. The summed E-state index contributed by atoms with van der Waals surface area (Å²) in [6.07, 6.45) is 1.77. The molecule has 0 bridgehead atoms. The van der Waals surface area contributed by atoms with Crippen LogP contribution < -0.4 is 0 Å². The van der Waals surface area contributed by atoms with Crippen LogP contribution in [0.25, 0.3) is 0 Å². The zero-order chi connectivity index (χ0) is 8.32. The first-order valence-electron chi connectivity index (χ1n) is 3.56. The SMILES string of the molecule is C=NC(C)(C)c1ccccn1. The molecule has 2 heteroatoms. The van der Waals surface area contributed by atoms with E-state index < -0.39 is 0 Å². The lowest BCUT2D eigenvalue weighted by Crippen LogP contribution is -2.14. The summed E-state index contributed by atoms with van der Waals surface area (Å²) in [5, 5.41) is 0. The first-order chi connectivity index (χ1) is 5.17. The highest BCUT2D eigenvalue weighted by Gasteiger charge is 2.17. The number of hydrogen-bond acceptors (Lipinski definition) is 2. The molecule has 0 fully saturated rings. The van der Waals surface area contributed by atoms with E-state index in [9.17, 15) is 0 Å². The van der Waals surface area contributed by atoms with Gasteiger partial charge in [-0.1, -0.05) is 6.07 Å². The fourth-order valence-corrected chi connectivity index (χ4v) is 0.806. The molecule has 0 N–H and O–H groups in total. The number of aliphatic imine (C=N–C) groups is 1. The maximum absolute atomic E-state index is 4.19. The van der Waals surface area contributed by atoms with Crippen LogP contribution in [-0.2, 0) is 5.54 Å². The zero-order valence-corrected chi connectivity index (χ0v) is 6.91. The summed E-state index contributed by atoms with van der Waals surface area (Å²) in [4.78, 5) is 8.17. The molecule has 0 aliphatic carbocycles. The molecular formula is C9H12N2. The van der Waals surface area contributed by atoms with Crippen LogP contribution in [0.1, 0.15) is 19.5 Å². The lowest BCUT2D eigenvalue weighted by Gasteiger charge is -2.17. The highest BCUT2D eigenvalue weighted by molar-refractivity contribution is 5.28. The first kappa shape index (κ1) is 7.92. The van der Waals surface area contributed by atoms with Crippen LogP contribution in [0.4, 0.5) is 0 Å². The number of rotatable bonds is 2. The topological polar surface area (TPSA) is 25.2 Å². The van der Waals surface area contributed by atoms with Gasteiger partial charge in [-0.05, 0) is 32.7 Å². The van der Waals surface area contributed by atoms with Gasteiger partial charge in [0, 0.05) is 6.20 Å². The number of pyridine rings is 1. The Balaban J connectivity index is 3.02. The van der Waals surface area contributed by atoms with E-state index >= 15 is 0 Å². The summed E-state index contributed by atoms with van der Waals surface area (Å²) in [7, 11) is 0. The normalized spacial score (nSPS) is 11.1. The van der Waals surface area contributed by atoms with Crippen molar-refractivity contribution in [2.75, 3.05) is 0 Å². The van der Waals surface area contributed by atoms with Crippen molar-refractivity contribution in [3.63, 3.8) is 0 Å². The average Bonchev–Trinajstić information content (AvgIpc) is 2.06. The molecule has 0 atom stereocenters. The molecule has 0 aliphatic rings. The minimum absolute atomic E-state index is 0.263. The summed E-state index contributed by atoms with van der Waals surface area (Å²) >= 11 is 0. The summed E-state index contributed by atoms with van der Waals surface area (Å²) in [5.41, 5.74) is 0.691. The zero-order valence-electron chi connectivity index (χ0n) is 6.91. The van der Waals surface area contributed by atoms with Crippen LogP contribution in [-0.4, -0.2) is 11.7 Å². The van der Waals surface area contributed by atoms with Crippen LogP contribution in [0.3, 0.4) is 0 Å². The molecule has 2 nitrogen and oxygen atoms in total. The smallest absolute Gasteiger partial charge is 0.0962 e. The van der Waals surface area contributed by atoms with Crippen molar-refractivity contribution >= 4 is 6.72 Å². The summed E-state index contributed by atoms with van der Waals surface area (Å²) in [5.74, 6) is 0. The van der Waals surface area contributed by atoms with E-state index in [4.69, 9.17) is 0 Å². The molecule has 1 rings (SSSR count). The van der Waals surface area contributed by atoms with Crippen molar-refractivity contribution in [2.45, 2.75) is 19.4 Å². The molecule has 1 aromatic rings. The van der Waals surface area contributed by atoms with E-state index in [2.05, 4.69) is 16.7 Å². The number of hydrogen-bond donors (Lipinski definition) is 0. The van der Waals surface area contributed by atoms with Gasteiger partial charge < -0.3 is 0 Å². The Bertz CT molecular complexity index is 239. The van der Waals surface area contributed by atoms with E-state index in [1.807, 2.05) is 32.0 Å². The Kier molecular flexibility index (Phi) is 2.03. The lowest BCUT2D eigenvalue weighted by atomic mass is 10.0. The minimum Gasteiger partial charge on any atom is -0.288 e. The predicted octanol–water partition coefficient (Wildman–Crippen LogP) is 2.02. The van der Waals surface area contributed by atoms with Crippen molar-refractivity contribution < 1.29 is 0 Å². The van der Waals surface area contributed by atoms with Crippen LogP contribution in [0.2, 0.25) is 0 Å². The molecule has 0 saturated heterocycles. The van der Waals surface area contributed by atoms with Gasteiger partial charge in [-0.25, -0.2) is 0 Å². The Morgan fingerprint density at radius 1 is 1.45 bits per heavy atom. The predicted molar refractivity (Wildman–Crippen MR) is 46.8 cm³/mol. The molecule has 0 spiro atoms. The Morgan fingerprint density at radius 3 is 2.64 bits per heavy atom. The molecule has 0 amide bonds. The molecule has 0 saturated carbocycles. The molecule has 11 heavy (non-hydrogen) atoms. The van der Waals surface area contributed by atoms with Crippen molar-refractivity contribution in [1.29, 1.82) is 0 Å². The van der Waals surface area contributed by atoms with Crippen molar-refractivity contribution in [3.05, 3.63) is 30.1 Å². The van der Waals surface area contributed by atoms with E-state index in [1.165, 1.54) is 0 Å². The molecule has 1 aromatic heterocycles. The van der Waals surface area contributed by atoms with E-state index in [0.29, 0.717) is 0 Å². The van der Waals surface area contributed by atoms with Crippen LogP contribution in [0, 0.1) is 0 Å². The number of aromatic nitrogens is 1. The molecular weight excluding hydrogens is 136 g/mol. The van der Waals surface area contributed by atoms with Crippen LogP contribution >= 0.6 is 0 Å². The maximum Gasteiger partial charge on any atom is 0.0962 e.